The summed E-state index contributed by atoms with van der Waals surface area (Å²) in [5, 5.41) is 19.6. The lowest BCUT2D eigenvalue weighted by Gasteiger charge is -2.34. The number of sulfone groups is 2. The first-order chi connectivity index (χ1) is 30.1. The SMILES string of the molecule is Cc1cc(C)nc(SCCCOc2ccc(S(=O)(=O)C3(C(=O)NO)CCOCC3)cc2)n1.Cc1cc(C)nc(SCCOc2ccc(S(=O)(=O)C3(C(=O)NO)CCOCC3)cc2)n1. The minimum absolute atomic E-state index is 0.00197. The molecule has 4 heterocycles. The van der Waals surface area contributed by atoms with Gasteiger partial charge in [0.05, 0.1) is 23.0 Å². The maximum atomic E-state index is 13.2. The lowest BCUT2D eigenvalue weighted by atomic mass is 9.98. The molecule has 63 heavy (non-hydrogen) atoms. The van der Waals surface area contributed by atoms with Crippen LogP contribution in [0.4, 0.5) is 0 Å². The van der Waals surface area contributed by atoms with Crippen molar-refractivity contribution in [3.63, 3.8) is 0 Å². The van der Waals surface area contributed by atoms with Crippen LogP contribution in [0.3, 0.4) is 0 Å². The number of carbonyl (C=O) groups excluding carboxylic acids is 2. The van der Waals surface area contributed by atoms with E-state index in [9.17, 15) is 26.4 Å². The van der Waals surface area contributed by atoms with E-state index in [1.807, 2.05) is 39.8 Å². The molecule has 2 amide bonds. The van der Waals surface area contributed by atoms with Crippen LogP contribution in [0, 0.1) is 27.7 Å². The van der Waals surface area contributed by atoms with Gasteiger partial charge in [-0.05, 0) is 120 Å². The summed E-state index contributed by atoms with van der Waals surface area (Å²) in [7, 11) is -8.09. The molecule has 2 fully saturated rings. The Morgan fingerprint density at radius 2 is 0.952 bits per heavy atom. The van der Waals surface area contributed by atoms with Gasteiger partial charge in [-0.3, -0.25) is 20.0 Å². The number of nitrogens with one attached hydrogen (secondary N) is 2. The second kappa shape index (κ2) is 22.5. The van der Waals surface area contributed by atoms with Crippen LogP contribution in [0.5, 0.6) is 11.5 Å². The molecule has 0 radical (unpaired) electrons. The first kappa shape index (κ1) is 49.6. The fourth-order valence-corrected chi connectivity index (χ4v) is 12.5. The smallest absolute Gasteiger partial charge is 0.265 e. The first-order valence-electron chi connectivity index (χ1n) is 20.0. The van der Waals surface area contributed by atoms with Gasteiger partial charge in [0.25, 0.3) is 11.8 Å². The Labute approximate surface area is 375 Å². The zero-order valence-corrected chi connectivity index (χ0v) is 38.6. The lowest BCUT2D eigenvalue weighted by molar-refractivity contribution is -0.135. The predicted molar refractivity (Wildman–Crippen MR) is 233 cm³/mol. The molecule has 0 unspecified atom stereocenters. The molecule has 2 aromatic heterocycles. The number of aromatic nitrogens is 4. The highest BCUT2D eigenvalue weighted by Crippen LogP contribution is 2.37. The molecule has 2 aliphatic rings. The summed E-state index contributed by atoms with van der Waals surface area (Å²) < 4.78 is 71.2. The van der Waals surface area contributed by atoms with E-state index >= 15 is 0 Å². The Hall–Kier alpha value is -4.42. The Bertz CT molecular complexity index is 2360. The molecule has 2 aromatic carbocycles. The van der Waals surface area contributed by atoms with Crippen LogP contribution < -0.4 is 20.4 Å². The highest BCUT2D eigenvalue weighted by atomic mass is 32.2. The van der Waals surface area contributed by atoms with Gasteiger partial charge >= 0.3 is 0 Å². The Kier molecular flexibility index (Phi) is 17.7. The molecule has 4 N–H and O–H groups in total. The zero-order chi connectivity index (χ0) is 45.7. The summed E-state index contributed by atoms with van der Waals surface area (Å²) >= 11 is 3.04. The third-order valence-corrected chi connectivity index (χ3v) is 17.0. The number of amides is 2. The van der Waals surface area contributed by atoms with Crippen molar-refractivity contribution in [2.75, 3.05) is 51.1 Å². The third kappa shape index (κ3) is 12.2. The summed E-state index contributed by atoms with van der Waals surface area (Å²) in [6.07, 6.45) is 0.653. The number of hydrogen-bond acceptors (Lipinski definition) is 18. The molecule has 0 spiro atoms. The van der Waals surface area contributed by atoms with E-state index in [0.717, 1.165) is 40.1 Å². The van der Waals surface area contributed by atoms with Crippen molar-refractivity contribution in [2.45, 2.75) is 89.4 Å². The van der Waals surface area contributed by atoms with E-state index in [4.69, 9.17) is 29.4 Å². The normalized spacial score (nSPS) is 15.9. The van der Waals surface area contributed by atoms with Gasteiger partial charge in [0.15, 0.2) is 39.5 Å². The minimum atomic E-state index is -4.05. The highest BCUT2D eigenvalue weighted by Gasteiger charge is 2.53. The molecule has 0 saturated carbocycles. The molecule has 4 aromatic rings. The van der Waals surface area contributed by atoms with Crippen LogP contribution in [-0.2, 0) is 38.7 Å². The van der Waals surface area contributed by atoms with E-state index in [1.54, 1.807) is 36.0 Å². The molecule has 22 heteroatoms. The molecule has 18 nitrogen and oxygen atoms in total. The molecule has 6 rings (SSSR count). The van der Waals surface area contributed by atoms with Crippen molar-refractivity contribution in [3.8, 4) is 11.5 Å². The number of hydroxylamine groups is 2. The molecule has 0 atom stereocenters. The monoisotopic (exact) mass is 948 g/mol. The van der Waals surface area contributed by atoms with Gasteiger partial charge in [0.1, 0.15) is 11.5 Å². The quantitative estimate of drug-likeness (QED) is 0.0372. The second-order valence-corrected chi connectivity index (χ2v) is 21.3. The fourth-order valence-electron chi connectivity index (χ4n) is 6.94. The molecule has 0 aliphatic carbocycles. The Morgan fingerprint density at radius 1 is 0.603 bits per heavy atom. The number of thioether (sulfide) groups is 2. The lowest BCUT2D eigenvalue weighted by Crippen LogP contribution is -2.54. The molecule has 0 bridgehead atoms. The Balaban J connectivity index is 0.000000238. The summed E-state index contributed by atoms with van der Waals surface area (Å²) in [4.78, 5) is 42.0. The molecule has 342 valence electrons. The zero-order valence-electron chi connectivity index (χ0n) is 35.4. The number of ether oxygens (including phenoxy) is 4. The number of nitrogens with zero attached hydrogens (tertiary/aromatic N) is 4. The van der Waals surface area contributed by atoms with Gasteiger partial charge in [-0.2, -0.15) is 0 Å². The van der Waals surface area contributed by atoms with Crippen LogP contribution in [0.15, 0.2) is 80.8 Å². The van der Waals surface area contributed by atoms with Gasteiger partial charge in [-0.1, -0.05) is 23.5 Å². The second-order valence-electron chi connectivity index (χ2n) is 14.7. The minimum Gasteiger partial charge on any atom is -0.494 e. The number of benzene rings is 2. The van der Waals surface area contributed by atoms with E-state index in [1.165, 1.54) is 47.0 Å². The number of aryl methyl sites for hydroxylation is 4. The standard InChI is InChI=1S/C21H27N3O6S2.C20H25N3O6S2/c1-15-14-16(2)23-20(22-15)31-13-3-10-30-17-4-6-18(7-5-17)32(27,28)21(19(25)24-26)8-11-29-12-9-21;1-14-13-15(2)22-19(21-14)30-12-11-29-16-3-5-17(6-4-16)31(26,27)20(18(24)23-25)7-9-28-10-8-20/h4-7,14,26H,3,8-13H2,1-2H3,(H,24,25);3-6,13,25H,7-12H2,1-2H3,(H,23,24). The average molecular weight is 949 g/mol. The predicted octanol–water partition coefficient (Wildman–Crippen LogP) is 4.58. The van der Waals surface area contributed by atoms with Crippen molar-refractivity contribution in [1.82, 2.24) is 30.9 Å². The van der Waals surface area contributed by atoms with Gasteiger partial charge in [0.2, 0.25) is 0 Å². The third-order valence-electron chi connectivity index (χ3n) is 10.2. The number of hydrogen-bond donors (Lipinski definition) is 4. The Morgan fingerprint density at radius 3 is 1.32 bits per heavy atom. The van der Waals surface area contributed by atoms with Crippen LogP contribution in [0.25, 0.3) is 0 Å². The largest absolute Gasteiger partial charge is 0.494 e. The van der Waals surface area contributed by atoms with Crippen molar-refractivity contribution in [2.24, 2.45) is 0 Å². The van der Waals surface area contributed by atoms with E-state index in [-0.39, 0.29) is 61.9 Å². The van der Waals surface area contributed by atoms with Crippen molar-refractivity contribution < 1.29 is 55.8 Å². The summed E-state index contributed by atoms with van der Waals surface area (Å²) in [6.45, 7) is 9.04. The van der Waals surface area contributed by atoms with Gasteiger partial charge in [0, 0.05) is 60.7 Å². The van der Waals surface area contributed by atoms with Crippen LogP contribution >= 0.6 is 23.5 Å². The molecular weight excluding hydrogens is 897 g/mol. The van der Waals surface area contributed by atoms with E-state index in [0.29, 0.717) is 35.6 Å². The maximum Gasteiger partial charge on any atom is 0.265 e. The number of carbonyl (C=O) groups is 2. The summed E-state index contributed by atoms with van der Waals surface area (Å²) in [6, 6.07) is 15.7. The van der Waals surface area contributed by atoms with Crippen molar-refractivity contribution in [1.29, 1.82) is 0 Å². The average Bonchev–Trinajstić information content (AvgIpc) is 3.27. The van der Waals surface area contributed by atoms with E-state index in [2.05, 4.69) is 19.9 Å². The molecule has 2 aliphatic heterocycles. The van der Waals surface area contributed by atoms with Crippen molar-refractivity contribution in [3.05, 3.63) is 83.4 Å². The first-order valence-corrected chi connectivity index (χ1v) is 24.9. The molecular formula is C41H52N6O12S4. The van der Waals surface area contributed by atoms with Crippen LogP contribution in [0.2, 0.25) is 0 Å². The number of rotatable bonds is 17. The molecule has 2 saturated heterocycles. The van der Waals surface area contributed by atoms with E-state index < -0.39 is 41.0 Å². The summed E-state index contributed by atoms with van der Waals surface area (Å²) in [5.74, 6) is 0.574. The van der Waals surface area contributed by atoms with Crippen LogP contribution in [0.1, 0.15) is 54.9 Å². The van der Waals surface area contributed by atoms with Gasteiger partial charge in [-0.15, -0.1) is 0 Å². The van der Waals surface area contributed by atoms with Crippen LogP contribution in [-0.4, -0.2) is 120 Å². The maximum absolute atomic E-state index is 13.2. The highest BCUT2D eigenvalue weighted by molar-refractivity contribution is 7.99. The van der Waals surface area contributed by atoms with Crippen molar-refractivity contribution >= 4 is 55.0 Å². The fraction of sp³-hybridized carbons (Fsp3) is 0.463. The summed E-state index contributed by atoms with van der Waals surface area (Å²) in [5.41, 5.74) is 6.70. The van der Waals surface area contributed by atoms with Gasteiger partial charge < -0.3 is 18.9 Å². The van der Waals surface area contributed by atoms with Gasteiger partial charge in [-0.25, -0.2) is 47.7 Å². The topological polar surface area (TPSA) is 255 Å².